The second-order valence-corrected chi connectivity index (χ2v) is 7.54. The van der Waals surface area contributed by atoms with Crippen LogP contribution in [0, 0.1) is 24.2 Å². The number of aromatic nitrogens is 2. The fourth-order valence-electron chi connectivity index (χ4n) is 4.51. The van der Waals surface area contributed by atoms with Crippen LogP contribution in [0.5, 0.6) is 0 Å². The summed E-state index contributed by atoms with van der Waals surface area (Å²) in [6, 6.07) is 10.4. The van der Waals surface area contributed by atoms with Crippen molar-refractivity contribution >= 4 is 28.5 Å². The van der Waals surface area contributed by atoms with Gasteiger partial charge in [0.25, 0.3) is 0 Å². The zero-order valence-corrected chi connectivity index (χ0v) is 17.2. The molecule has 1 saturated heterocycles. The van der Waals surface area contributed by atoms with E-state index in [0.29, 0.717) is 17.8 Å². The molecule has 1 aliphatic heterocycles. The first-order valence-corrected chi connectivity index (χ1v) is 10.3. The second-order valence-electron chi connectivity index (χ2n) is 7.54. The van der Waals surface area contributed by atoms with Crippen LogP contribution >= 0.6 is 0 Å². The van der Waals surface area contributed by atoms with Crippen molar-refractivity contribution < 1.29 is 9.53 Å². The number of nitriles is 1. The number of imidazole rings is 1. The van der Waals surface area contributed by atoms with Gasteiger partial charge in [-0.3, -0.25) is 9.20 Å². The van der Waals surface area contributed by atoms with Gasteiger partial charge in [0.15, 0.2) is 5.65 Å². The lowest BCUT2D eigenvalue weighted by Crippen LogP contribution is -2.38. The van der Waals surface area contributed by atoms with Gasteiger partial charge in [0.05, 0.1) is 29.1 Å². The quantitative estimate of drug-likeness (QED) is 0.630. The molecule has 0 atom stereocenters. The van der Waals surface area contributed by atoms with Crippen LogP contribution in [-0.4, -0.2) is 35.1 Å². The van der Waals surface area contributed by atoms with Crippen LogP contribution in [0.2, 0.25) is 0 Å². The van der Waals surface area contributed by atoms with Crippen LogP contribution in [0.4, 0.5) is 5.82 Å². The maximum atomic E-state index is 12.2. The number of pyridine rings is 1. The lowest BCUT2D eigenvalue weighted by Gasteiger charge is -2.35. The van der Waals surface area contributed by atoms with Gasteiger partial charge >= 0.3 is 5.97 Å². The Labute approximate surface area is 170 Å². The minimum Gasteiger partial charge on any atom is -0.466 e. The van der Waals surface area contributed by atoms with E-state index in [2.05, 4.69) is 28.4 Å². The zero-order chi connectivity index (χ0) is 20.5. The number of anilines is 1. The monoisotopic (exact) mass is 390 g/mol. The van der Waals surface area contributed by atoms with E-state index in [9.17, 15) is 10.1 Å². The summed E-state index contributed by atoms with van der Waals surface area (Å²) >= 11 is 0. The maximum absolute atomic E-state index is 12.2. The number of piperidine rings is 1. The average Bonchev–Trinajstić information content (AvgIpc) is 3.12. The molecular formula is C23H26N4O2. The van der Waals surface area contributed by atoms with Crippen molar-refractivity contribution in [3.63, 3.8) is 0 Å². The number of rotatable bonds is 4. The van der Waals surface area contributed by atoms with Gasteiger partial charge in [0.1, 0.15) is 11.9 Å². The fourth-order valence-corrected chi connectivity index (χ4v) is 4.51. The summed E-state index contributed by atoms with van der Waals surface area (Å²) in [6.07, 6.45) is 2.38. The lowest BCUT2D eigenvalue weighted by molar-refractivity contribution is -0.148. The van der Waals surface area contributed by atoms with Crippen molar-refractivity contribution in [2.45, 2.75) is 40.0 Å². The normalized spacial score (nSPS) is 15.0. The Morgan fingerprint density at radius 3 is 2.66 bits per heavy atom. The highest BCUT2D eigenvalue weighted by molar-refractivity contribution is 5.86. The molecule has 0 unspecified atom stereocenters. The molecule has 3 heterocycles. The van der Waals surface area contributed by atoms with Gasteiger partial charge in [0.2, 0.25) is 0 Å². The van der Waals surface area contributed by atoms with E-state index in [0.717, 1.165) is 54.8 Å². The number of hydrogen-bond donors (Lipinski definition) is 0. The zero-order valence-electron chi connectivity index (χ0n) is 17.2. The van der Waals surface area contributed by atoms with Gasteiger partial charge in [0, 0.05) is 13.1 Å². The van der Waals surface area contributed by atoms with Gasteiger partial charge in [-0.1, -0.05) is 19.1 Å². The van der Waals surface area contributed by atoms with Crippen LogP contribution in [0.3, 0.4) is 0 Å². The van der Waals surface area contributed by atoms with Gasteiger partial charge in [-0.05, 0) is 56.4 Å². The van der Waals surface area contributed by atoms with Crippen molar-refractivity contribution in [1.29, 1.82) is 5.26 Å². The molecule has 0 saturated carbocycles. The third-order valence-electron chi connectivity index (χ3n) is 5.97. The SMILES string of the molecule is CCOC(=O)C1CCN(c2c(CC)c(C)c(C#N)c3nc4ccccc4n23)CC1. The molecule has 1 aromatic carbocycles. The number of benzene rings is 1. The van der Waals surface area contributed by atoms with Gasteiger partial charge in [-0.2, -0.15) is 5.26 Å². The summed E-state index contributed by atoms with van der Waals surface area (Å²) in [6.45, 7) is 7.98. The number of nitrogens with zero attached hydrogens (tertiary/aromatic N) is 4. The topological polar surface area (TPSA) is 70.6 Å². The van der Waals surface area contributed by atoms with E-state index >= 15 is 0 Å². The van der Waals surface area contributed by atoms with E-state index in [1.54, 1.807) is 0 Å². The molecule has 0 amide bonds. The molecule has 0 aliphatic carbocycles. The molecule has 29 heavy (non-hydrogen) atoms. The van der Waals surface area contributed by atoms with Crippen LogP contribution in [0.1, 0.15) is 43.4 Å². The van der Waals surface area contributed by atoms with Crippen LogP contribution in [0.25, 0.3) is 16.7 Å². The summed E-state index contributed by atoms with van der Waals surface area (Å²) in [5.41, 5.74) is 5.43. The summed E-state index contributed by atoms with van der Waals surface area (Å²) in [5, 5.41) is 9.84. The molecule has 4 rings (SSSR count). The van der Waals surface area contributed by atoms with Crippen molar-refractivity contribution in [2.75, 3.05) is 24.6 Å². The van der Waals surface area contributed by atoms with E-state index in [1.165, 1.54) is 5.56 Å². The highest BCUT2D eigenvalue weighted by Gasteiger charge is 2.30. The largest absolute Gasteiger partial charge is 0.466 e. The Hall–Kier alpha value is -3.07. The van der Waals surface area contributed by atoms with Gasteiger partial charge in [-0.15, -0.1) is 0 Å². The molecule has 0 spiro atoms. The molecule has 1 aliphatic rings. The summed E-state index contributed by atoms with van der Waals surface area (Å²) in [4.78, 5) is 19.3. The van der Waals surface area contributed by atoms with E-state index in [-0.39, 0.29) is 11.9 Å². The second kappa shape index (κ2) is 7.75. The number of para-hydroxylation sites is 2. The third kappa shape index (κ3) is 3.11. The summed E-state index contributed by atoms with van der Waals surface area (Å²) in [7, 11) is 0. The smallest absolute Gasteiger partial charge is 0.309 e. The fraction of sp³-hybridized carbons (Fsp3) is 0.435. The van der Waals surface area contributed by atoms with E-state index in [4.69, 9.17) is 9.72 Å². The summed E-state index contributed by atoms with van der Waals surface area (Å²) < 4.78 is 7.37. The lowest BCUT2D eigenvalue weighted by atomic mass is 9.95. The molecule has 6 nitrogen and oxygen atoms in total. The molecule has 0 radical (unpaired) electrons. The summed E-state index contributed by atoms with van der Waals surface area (Å²) in [5.74, 6) is 0.984. The maximum Gasteiger partial charge on any atom is 0.309 e. The molecule has 150 valence electrons. The first kappa shape index (κ1) is 19.3. The number of esters is 1. The number of carbonyl (C=O) groups excluding carboxylic acids is 1. The van der Waals surface area contributed by atoms with Crippen molar-refractivity contribution in [3.8, 4) is 6.07 Å². The Bertz CT molecular complexity index is 1120. The van der Waals surface area contributed by atoms with Gasteiger partial charge < -0.3 is 9.64 Å². The standard InChI is InChI=1S/C23H26N4O2/c1-4-17-15(3)18(14-24)21-25-19-8-6-7-9-20(19)27(21)22(17)26-12-10-16(11-13-26)23(28)29-5-2/h6-9,16H,4-5,10-13H2,1-3H3. The Morgan fingerprint density at radius 1 is 1.28 bits per heavy atom. The minimum atomic E-state index is -0.0860. The highest BCUT2D eigenvalue weighted by atomic mass is 16.5. The Balaban J connectivity index is 1.86. The number of carbonyl (C=O) groups is 1. The third-order valence-corrected chi connectivity index (χ3v) is 5.97. The number of fused-ring (bicyclic) bond motifs is 3. The molecule has 0 bridgehead atoms. The number of ether oxygens (including phenoxy) is 1. The van der Waals surface area contributed by atoms with Gasteiger partial charge in [-0.25, -0.2) is 4.98 Å². The van der Waals surface area contributed by atoms with Crippen LogP contribution < -0.4 is 4.90 Å². The predicted octanol–water partition coefficient (Wildman–Crippen LogP) is 4.01. The molecule has 3 aromatic rings. The molecule has 2 aromatic heterocycles. The predicted molar refractivity (Wildman–Crippen MR) is 113 cm³/mol. The number of hydrogen-bond acceptors (Lipinski definition) is 5. The first-order valence-electron chi connectivity index (χ1n) is 10.3. The molecule has 1 fully saturated rings. The van der Waals surface area contributed by atoms with Crippen LogP contribution in [-0.2, 0) is 16.0 Å². The van der Waals surface area contributed by atoms with Crippen molar-refractivity contribution in [2.24, 2.45) is 5.92 Å². The van der Waals surface area contributed by atoms with E-state index < -0.39 is 0 Å². The van der Waals surface area contributed by atoms with Crippen LogP contribution in [0.15, 0.2) is 24.3 Å². The van der Waals surface area contributed by atoms with E-state index in [1.807, 2.05) is 32.0 Å². The first-order chi connectivity index (χ1) is 14.1. The molecular weight excluding hydrogens is 364 g/mol. The molecule has 6 heteroatoms. The van der Waals surface area contributed by atoms with Crippen molar-refractivity contribution in [3.05, 3.63) is 41.0 Å². The Kier molecular flexibility index (Phi) is 5.14. The minimum absolute atomic E-state index is 0.0363. The molecule has 0 N–H and O–H groups in total. The Morgan fingerprint density at radius 2 is 2.00 bits per heavy atom. The van der Waals surface area contributed by atoms with Crippen molar-refractivity contribution in [1.82, 2.24) is 9.38 Å². The highest BCUT2D eigenvalue weighted by Crippen LogP contribution is 2.35. The average molecular weight is 390 g/mol.